The quantitative estimate of drug-likeness (QED) is 0.812. The van der Waals surface area contributed by atoms with E-state index >= 15 is 0 Å². The van der Waals surface area contributed by atoms with E-state index in [9.17, 15) is 9.18 Å². The minimum Gasteiger partial charge on any atom is -0.299 e. The van der Waals surface area contributed by atoms with Crippen molar-refractivity contribution < 1.29 is 9.18 Å². The maximum Gasteiger partial charge on any atom is 0.140 e. The molecule has 0 unspecified atom stereocenters. The zero-order valence-electron chi connectivity index (χ0n) is 10.6. The van der Waals surface area contributed by atoms with E-state index in [0.29, 0.717) is 12.3 Å². The van der Waals surface area contributed by atoms with Crippen LogP contribution in [0.3, 0.4) is 0 Å². The highest BCUT2D eigenvalue weighted by molar-refractivity contribution is 5.86. The van der Waals surface area contributed by atoms with Gasteiger partial charge in [0.15, 0.2) is 0 Å². The lowest BCUT2D eigenvalue weighted by atomic mass is 10.0. The van der Waals surface area contributed by atoms with Crippen molar-refractivity contribution >= 4 is 5.78 Å². The molecular weight excluding hydrogens is 239 g/mol. The highest BCUT2D eigenvalue weighted by Crippen LogP contribution is 2.48. The smallest absolute Gasteiger partial charge is 0.140 e. The first-order valence-corrected chi connectivity index (χ1v) is 6.56. The molecule has 0 amide bonds. The molecule has 1 aliphatic rings. The van der Waals surface area contributed by atoms with Gasteiger partial charge in [-0.05, 0) is 35.6 Å². The molecule has 0 N–H and O–H groups in total. The van der Waals surface area contributed by atoms with E-state index in [0.717, 1.165) is 12.0 Å². The summed E-state index contributed by atoms with van der Waals surface area (Å²) in [4.78, 5) is 12.1. The van der Waals surface area contributed by atoms with E-state index < -0.39 is 0 Å². The Balaban J connectivity index is 1.63. The first-order chi connectivity index (χ1) is 9.24. The third kappa shape index (κ3) is 2.73. The molecule has 19 heavy (non-hydrogen) atoms. The molecule has 1 aliphatic carbocycles. The highest BCUT2D eigenvalue weighted by Gasteiger charge is 2.43. The number of carbonyl (C=O) groups is 1. The Morgan fingerprint density at radius 3 is 2.42 bits per heavy atom. The summed E-state index contributed by atoms with van der Waals surface area (Å²) in [5, 5.41) is 0. The fourth-order valence-corrected chi connectivity index (χ4v) is 2.55. The van der Waals surface area contributed by atoms with Gasteiger partial charge in [-0.1, -0.05) is 42.5 Å². The summed E-state index contributed by atoms with van der Waals surface area (Å²) in [6, 6.07) is 16.4. The average molecular weight is 254 g/mol. The van der Waals surface area contributed by atoms with Crippen molar-refractivity contribution in [2.24, 2.45) is 5.92 Å². The minimum atomic E-state index is -0.259. The SMILES string of the molecule is O=C(Cc1ccc(F)cc1)[C@H]1C[C@@H]1c1ccccc1. The van der Waals surface area contributed by atoms with E-state index in [2.05, 4.69) is 12.1 Å². The molecule has 3 rings (SSSR count). The second-order valence-corrected chi connectivity index (χ2v) is 5.13. The van der Waals surface area contributed by atoms with Crippen molar-refractivity contribution in [1.82, 2.24) is 0 Å². The normalized spacial score (nSPS) is 21.1. The van der Waals surface area contributed by atoms with Crippen LogP contribution < -0.4 is 0 Å². The Kier molecular flexibility index (Phi) is 3.16. The van der Waals surface area contributed by atoms with Crippen molar-refractivity contribution in [2.75, 3.05) is 0 Å². The van der Waals surface area contributed by atoms with Gasteiger partial charge in [-0.25, -0.2) is 4.39 Å². The third-order valence-corrected chi connectivity index (χ3v) is 3.72. The summed E-state index contributed by atoms with van der Waals surface area (Å²) in [6.07, 6.45) is 1.36. The number of halogens is 1. The summed E-state index contributed by atoms with van der Waals surface area (Å²) in [7, 11) is 0. The number of Topliss-reactive ketones (excluding diaryl/α,β-unsaturated/α-hetero) is 1. The molecular formula is C17H15FO. The summed E-state index contributed by atoms with van der Waals surface area (Å²) >= 11 is 0. The molecule has 2 aromatic rings. The Morgan fingerprint density at radius 1 is 1.05 bits per heavy atom. The number of hydrogen-bond acceptors (Lipinski definition) is 1. The van der Waals surface area contributed by atoms with E-state index in [1.165, 1.54) is 17.7 Å². The monoisotopic (exact) mass is 254 g/mol. The fraction of sp³-hybridized carbons (Fsp3) is 0.235. The van der Waals surface area contributed by atoms with E-state index in [1.54, 1.807) is 12.1 Å². The van der Waals surface area contributed by atoms with Gasteiger partial charge in [0.25, 0.3) is 0 Å². The van der Waals surface area contributed by atoms with Gasteiger partial charge < -0.3 is 0 Å². The number of hydrogen-bond donors (Lipinski definition) is 0. The summed E-state index contributed by atoms with van der Waals surface area (Å²) in [5.41, 5.74) is 2.14. The largest absolute Gasteiger partial charge is 0.299 e. The molecule has 0 aliphatic heterocycles. The van der Waals surface area contributed by atoms with Gasteiger partial charge in [0, 0.05) is 12.3 Å². The topological polar surface area (TPSA) is 17.1 Å². The molecule has 2 heteroatoms. The average Bonchev–Trinajstić information content (AvgIpc) is 3.23. The minimum absolute atomic E-state index is 0.146. The van der Waals surface area contributed by atoms with Crippen LogP contribution in [0, 0.1) is 11.7 Å². The summed E-state index contributed by atoms with van der Waals surface area (Å²) in [6.45, 7) is 0. The molecule has 0 bridgehead atoms. The van der Waals surface area contributed by atoms with E-state index in [1.807, 2.05) is 18.2 Å². The van der Waals surface area contributed by atoms with Crippen LogP contribution in [0.2, 0.25) is 0 Å². The molecule has 0 saturated heterocycles. The van der Waals surface area contributed by atoms with E-state index in [-0.39, 0.29) is 17.5 Å². The second-order valence-electron chi connectivity index (χ2n) is 5.13. The van der Waals surface area contributed by atoms with Crippen molar-refractivity contribution in [3.05, 3.63) is 71.5 Å². The molecule has 1 saturated carbocycles. The maximum atomic E-state index is 12.8. The van der Waals surface area contributed by atoms with Gasteiger partial charge in [-0.3, -0.25) is 4.79 Å². The van der Waals surface area contributed by atoms with Gasteiger partial charge in [-0.15, -0.1) is 0 Å². The van der Waals surface area contributed by atoms with Crippen LogP contribution >= 0.6 is 0 Å². The molecule has 0 radical (unpaired) electrons. The van der Waals surface area contributed by atoms with Crippen LogP contribution in [0.1, 0.15) is 23.5 Å². The molecule has 0 heterocycles. The Bertz CT molecular complexity index is 574. The van der Waals surface area contributed by atoms with Crippen LogP contribution in [0.5, 0.6) is 0 Å². The number of ketones is 1. The first-order valence-electron chi connectivity index (χ1n) is 6.56. The van der Waals surface area contributed by atoms with Gasteiger partial charge in [0.2, 0.25) is 0 Å². The van der Waals surface area contributed by atoms with Crippen LogP contribution in [0.15, 0.2) is 54.6 Å². The Morgan fingerprint density at radius 2 is 1.74 bits per heavy atom. The maximum absolute atomic E-state index is 12.8. The zero-order chi connectivity index (χ0) is 13.2. The highest BCUT2D eigenvalue weighted by atomic mass is 19.1. The molecule has 2 aromatic carbocycles. The van der Waals surface area contributed by atoms with Gasteiger partial charge in [-0.2, -0.15) is 0 Å². The van der Waals surface area contributed by atoms with Crippen molar-refractivity contribution in [3.8, 4) is 0 Å². The van der Waals surface area contributed by atoms with Crippen molar-refractivity contribution in [1.29, 1.82) is 0 Å². The Labute approximate surface area is 112 Å². The zero-order valence-corrected chi connectivity index (χ0v) is 10.6. The molecule has 1 nitrogen and oxygen atoms in total. The molecule has 96 valence electrons. The standard InChI is InChI=1S/C17H15FO/c18-14-8-6-12(7-9-14)10-17(19)16-11-15(16)13-4-2-1-3-5-13/h1-9,15-16H,10-11H2/t15-,16+/m1/s1. The van der Waals surface area contributed by atoms with Crippen LogP contribution in [0.4, 0.5) is 4.39 Å². The fourth-order valence-electron chi connectivity index (χ4n) is 2.55. The van der Waals surface area contributed by atoms with Crippen LogP contribution in [-0.4, -0.2) is 5.78 Å². The van der Waals surface area contributed by atoms with Crippen LogP contribution in [-0.2, 0) is 11.2 Å². The molecule has 1 fully saturated rings. The predicted octanol–water partition coefficient (Wildman–Crippen LogP) is 3.74. The van der Waals surface area contributed by atoms with Crippen molar-refractivity contribution in [2.45, 2.75) is 18.8 Å². The summed E-state index contributed by atoms with van der Waals surface area (Å²) in [5.74, 6) is 0.534. The Hall–Kier alpha value is -1.96. The second kappa shape index (κ2) is 4.96. The molecule has 0 spiro atoms. The lowest BCUT2D eigenvalue weighted by Gasteiger charge is -2.01. The number of carbonyl (C=O) groups excluding carboxylic acids is 1. The van der Waals surface area contributed by atoms with Crippen LogP contribution in [0.25, 0.3) is 0 Å². The predicted molar refractivity (Wildman–Crippen MR) is 72.4 cm³/mol. The van der Waals surface area contributed by atoms with Gasteiger partial charge in [0.05, 0.1) is 0 Å². The lowest BCUT2D eigenvalue weighted by Crippen LogP contribution is -2.06. The summed E-state index contributed by atoms with van der Waals surface area (Å²) < 4.78 is 12.8. The van der Waals surface area contributed by atoms with Crippen molar-refractivity contribution in [3.63, 3.8) is 0 Å². The lowest BCUT2D eigenvalue weighted by molar-refractivity contribution is -0.119. The van der Waals surface area contributed by atoms with Gasteiger partial charge >= 0.3 is 0 Å². The number of rotatable bonds is 4. The molecule has 0 aromatic heterocycles. The van der Waals surface area contributed by atoms with Gasteiger partial charge in [0.1, 0.15) is 11.6 Å². The number of benzene rings is 2. The van der Waals surface area contributed by atoms with E-state index in [4.69, 9.17) is 0 Å². The third-order valence-electron chi connectivity index (χ3n) is 3.72. The molecule has 2 atom stereocenters. The first kappa shape index (κ1) is 12.1.